The van der Waals surface area contributed by atoms with Crippen molar-refractivity contribution in [3.63, 3.8) is 0 Å². The van der Waals surface area contributed by atoms with Crippen LogP contribution in [0.15, 0.2) is 102 Å². The minimum absolute atomic E-state index is 0.122. The first-order valence-electron chi connectivity index (χ1n) is 12.4. The minimum Gasteiger partial charge on any atom is -0.366 e. The lowest BCUT2D eigenvalue weighted by molar-refractivity contribution is -0.104. The molecule has 5 aliphatic rings. The molecule has 1 aromatic rings. The van der Waals surface area contributed by atoms with Crippen LogP contribution in [-0.2, 0) is 4.74 Å². The molecule has 0 spiro atoms. The van der Waals surface area contributed by atoms with E-state index in [4.69, 9.17) is 4.74 Å². The Hall–Kier alpha value is -3.42. The van der Waals surface area contributed by atoms with Crippen LogP contribution in [0, 0.1) is 11.3 Å². The van der Waals surface area contributed by atoms with Crippen LogP contribution in [0.1, 0.15) is 49.1 Å². The first-order chi connectivity index (χ1) is 16.8. The van der Waals surface area contributed by atoms with Crippen molar-refractivity contribution in [1.82, 2.24) is 9.88 Å². The predicted octanol–water partition coefficient (Wildman–Crippen LogP) is 5.81. The maximum absolute atomic E-state index is 9.45. The SMILES string of the molecule is N#Cc1cnccc1C1C=CC(C2=CCCC(N3C4C=CC=CC4OC4CCC=CC43)=C2)=CC1. The minimum atomic E-state index is 0.122. The highest BCUT2D eigenvalue weighted by Gasteiger charge is 2.42. The Balaban J connectivity index is 1.26. The number of ether oxygens (including phenoxy) is 1. The summed E-state index contributed by atoms with van der Waals surface area (Å²) < 4.78 is 6.51. The second-order valence-corrected chi connectivity index (χ2v) is 9.57. The molecular formula is C30H29N3O. The number of morpholine rings is 1. The number of fused-ring (bicyclic) bond motifs is 2. The maximum Gasteiger partial charge on any atom is 0.101 e. The van der Waals surface area contributed by atoms with Gasteiger partial charge < -0.3 is 9.64 Å². The average Bonchev–Trinajstić information content (AvgIpc) is 2.92. The molecule has 0 saturated carbocycles. The second-order valence-electron chi connectivity index (χ2n) is 9.57. The van der Waals surface area contributed by atoms with E-state index >= 15 is 0 Å². The Kier molecular flexibility index (Phi) is 5.65. The molecule has 5 unspecified atom stereocenters. The standard InChI is InChI=1S/C30H29N3O/c31-19-24-20-32-17-16-26(24)22-14-12-21(13-15-22)23-6-5-7-25(18-23)33-27-8-1-3-10-29(27)34-30-11-4-2-9-28(30)33/h1-3,6,8-10,12-14,16-18,20,22,27-30H,4-5,7,11,15H2. The maximum atomic E-state index is 9.45. The third kappa shape index (κ3) is 3.81. The van der Waals surface area contributed by atoms with E-state index in [1.54, 1.807) is 12.4 Å². The number of aromatic nitrogens is 1. The lowest BCUT2D eigenvalue weighted by atomic mass is 9.84. The Morgan fingerprint density at radius 1 is 1.03 bits per heavy atom. The van der Waals surface area contributed by atoms with Gasteiger partial charge in [0.1, 0.15) is 12.2 Å². The zero-order valence-electron chi connectivity index (χ0n) is 19.3. The van der Waals surface area contributed by atoms with Gasteiger partial charge in [0, 0.05) is 24.0 Å². The van der Waals surface area contributed by atoms with Crippen molar-refractivity contribution < 1.29 is 4.74 Å². The van der Waals surface area contributed by atoms with Crippen LogP contribution in [0.5, 0.6) is 0 Å². The molecular weight excluding hydrogens is 418 g/mol. The van der Waals surface area contributed by atoms with E-state index in [1.165, 1.54) is 16.8 Å². The Bertz CT molecular complexity index is 1220. The normalized spacial score (nSPS) is 31.7. The molecule has 1 saturated heterocycles. The van der Waals surface area contributed by atoms with E-state index in [2.05, 4.69) is 82.8 Å². The largest absolute Gasteiger partial charge is 0.366 e. The van der Waals surface area contributed by atoms with Gasteiger partial charge in [-0.3, -0.25) is 4.98 Å². The van der Waals surface area contributed by atoms with E-state index in [-0.39, 0.29) is 24.2 Å². The molecule has 1 fully saturated rings. The molecule has 34 heavy (non-hydrogen) atoms. The van der Waals surface area contributed by atoms with Crippen LogP contribution in [-0.4, -0.2) is 34.2 Å². The second kappa shape index (κ2) is 9.08. The fourth-order valence-electron chi connectivity index (χ4n) is 5.92. The summed E-state index contributed by atoms with van der Waals surface area (Å²) in [6.07, 6.45) is 34.1. The highest BCUT2D eigenvalue weighted by atomic mass is 16.5. The molecule has 1 aliphatic heterocycles. The molecule has 0 radical (unpaired) electrons. The molecule has 0 aromatic carbocycles. The molecule has 0 N–H and O–H groups in total. The molecule has 6 rings (SSSR count). The molecule has 4 nitrogen and oxygen atoms in total. The molecule has 4 heteroatoms. The van der Waals surface area contributed by atoms with E-state index < -0.39 is 0 Å². The molecule has 170 valence electrons. The van der Waals surface area contributed by atoms with Gasteiger partial charge >= 0.3 is 0 Å². The van der Waals surface area contributed by atoms with Gasteiger partial charge in [0.15, 0.2) is 0 Å². The number of hydrogen-bond donors (Lipinski definition) is 0. The first-order valence-corrected chi connectivity index (χ1v) is 12.4. The number of pyridine rings is 1. The van der Waals surface area contributed by atoms with Gasteiger partial charge in [0.2, 0.25) is 0 Å². The Morgan fingerprint density at radius 2 is 1.97 bits per heavy atom. The molecule has 1 aromatic heterocycles. The van der Waals surface area contributed by atoms with Gasteiger partial charge in [-0.05, 0) is 61.0 Å². The molecule has 2 heterocycles. The van der Waals surface area contributed by atoms with Gasteiger partial charge in [0.05, 0.1) is 23.8 Å². The van der Waals surface area contributed by atoms with Crippen LogP contribution in [0.4, 0.5) is 0 Å². The summed E-state index contributed by atoms with van der Waals surface area (Å²) >= 11 is 0. The third-order valence-electron chi connectivity index (χ3n) is 7.59. The van der Waals surface area contributed by atoms with Crippen LogP contribution < -0.4 is 0 Å². The Morgan fingerprint density at radius 3 is 2.85 bits per heavy atom. The van der Waals surface area contributed by atoms with Crippen LogP contribution >= 0.6 is 0 Å². The lowest BCUT2D eigenvalue weighted by Crippen LogP contribution is -2.59. The summed E-state index contributed by atoms with van der Waals surface area (Å²) in [6, 6.07) is 4.80. The molecule has 0 amide bonds. The zero-order valence-corrected chi connectivity index (χ0v) is 19.3. The Labute approximate surface area is 201 Å². The van der Waals surface area contributed by atoms with Crippen molar-refractivity contribution in [2.75, 3.05) is 0 Å². The van der Waals surface area contributed by atoms with Crippen molar-refractivity contribution in [3.05, 3.63) is 113 Å². The highest BCUT2D eigenvalue weighted by molar-refractivity contribution is 5.52. The smallest absolute Gasteiger partial charge is 0.101 e. The van der Waals surface area contributed by atoms with E-state index in [0.717, 1.165) is 37.7 Å². The van der Waals surface area contributed by atoms with Crippen molar-refractivity contribution in [1.29, 1.82) is 5.26 Å². The fourth-order valence-corrected chi connectivity index (χ4v) is 5.92. The number of hydrogen-bond acceptors (Lipinski definition) is 4. The lowest BCUT2D eigenvalue weighted by Gasteiger charge is -2.52. The summed E-state index contributed by atoms with van der Waals surface area (Å²) in [6.45, 7) is 0. The van der Waals surface area contributed by atoms with Gasteiger partial charge in [-0.25, -0.2) is 0 Å². The molecule has 4 aliphatic carbocycles. The number of rotatable bonds is 3. The predicted molar refractivity (Wildman–Crippen MR) is 134 cm³/mol. The number of allylic oxidation sites excluding steroid dienone is 11. The van der Waals surface area contributed by atoms with E-state index in [0.29, 0.717) is 11.6 Å². The quantitative estimate of drug-likeness (QED) is 0.549. The van der Waals surface area contributed by atoms with Crippen molar-refractivity contribution in [2.45, 2.75) is 62.3 Å². The van der Waals surface area contributed by atoms with Crippen LogP contribution in [0.25, 0.3) is 0 Å². The topological polar surface area (TPSA) is 49.2 Å². The summed E-state index contributed by atoms with van der Waals surface area (Å²) in [7, 11) is 0. The van der Waals surface area contributed by atoms with E-state index in [9.17, 15) is 5.26 Å². The summed E-state index contributed by atoms with van der Waals surface area (Å²) in [5.74, 6) is 0.223. The van der Waals surface area contributed by atoms with Crippen molar-refractivity contribution in [3.8, 4) is 6.07 Å². The summed E-state index contributed by atoms with van der Waals surface area (Å²) in [5.41, 5.74) is 5.72. The van der Waals surface area contributed by atoms with Crippen molar-refractivity contribution >= 4 is 0 Å². The summed E-state index contributed by atoms with van der Waals surface area (Å²) in [4.78, 5) is 6.74. The highest BCUT2D eigenvalue weighted by Crippen LogP contribution is 2.39. The average molecular weight is 448 g/mol. The van der Waals surface area contributed by atoms with Crippen LogP contribution in [0.3, 0.4) is 0 Å². The monoisotopic (exact) mass is 447 g/mol. The molecule has 0 bridgehead atoms. The van der Waals surface area contributed by atoms with E-state index in [1.807, 2.05) is 6.07 Å². The number of nitrogens with zero attached hydrogens (tertiary/aromatic N) is 3. The summed E-state index contributed by atoms with van der Waals surface area (Å²) in [5, 5.41) is 9.45. The van der Waals surface area contributed by atoms with Gasteiger partial charge in [-0.15, -0.1) is 0 Å². The number of nitriles is 1. The zero-order chi connectivity index (χ0) is 22.9. The van der Waals surface area contributed by atoms with Gasteiger partial charge in [-0.1, -0.05) is 60.8 Å². The van der Waals surface area contributed by atoms with Crippen molar-refractivity contribution in [2.24, 2.45) is 0 Å². The van der Waals surface area contributed by atoms with Crippen LogP contribution in [0.2, 0.25) is 0 Å². The van der Waals surface area contributed by atoms with Gasteiger partial charge in [0.25, 0.3) is 0 Å². The molecule has 5 atom stereocenters. The van der Waals surface area contributed by atoms with Gasteiger partial charge in [-0.2, -0.15) is 5.26 Å². The third-order valence-corrected chi connectivity index (χ3v) is 7.59. The first kappa shape index (κ1) is 21.1. The fraction of sp³-hybridized carbons (Fsp3) is 0.333.